The van der Waals surface area contributed by atoms with Crippen molar-refractivity contribution in [1.82, 2.24) is 5.32 Å². The normalized spacial score (nSPS) is 17.4. The first-order valence-electron chi connectivity index (χ1n) is 17.1. The Morgan fingerprint density at radius 1 is 0.704 bits per heavy atom. The summed E-state index contributed by atoms with van der Waals surface area (Å²) in [5.74, 6) is 59.0. The van der Waals surface area contributed by atoms with E-state index in [1.165, 1.54) is 0 Å². The van der Waals surface area contributed by atoms with Gasteiger partial charge in [-0.15, -0.1) is 26.3 Å². The summed E-state index contributed by atoms with van der Waals surface area (Å²) in [7, 11) is 0. The molecule has 0 saturated carbocycles. The number of hydrogen-bond acceptors (Lipinski definition) is 3. The number of hydrogen-bond donors (Lipinski definition) is 1. The van der Waals surface area contributed by atoms with Gasteiger partial charge in [0.15, 0.2) is 6.29 Å². The lowest BCUT2D eigenvalue weighted by Crippen LogP contribution is -2.50. The summed E-state index contributed by atoms with van der Waals surface area (Å²) in [6.45, 7) is 19.4. The molecular weight excluding hydrogens is 670 g/mol. The summed E-state index contributed by atoms with van der Waals surface area (Å²) in [5, 5.41) is 2.65. The number of carbonyl (C=O) groups excluding carboxylic acids is 1. The van der Waals surface area contributed by atoms with Gasteiger partial charge in [-0.05, 0) is 120 Å². The molecule has 2 unspecified atom stereocenters. The Kier molecular flexibility index (Phi) is 25.7. The molecule has 314 valence electrons. The fraction of sp³-hybridized carbons (Fsp3) is 0.327. The molecule has 1 N–H and O–H groups in total. The molecule has 0 radical (unpaired) electrons. The average molecular weight is 758 g/mol. The molecule has 0 bridgehead atoms. The highest BCUT2D eigenvalue weighted by Gasteiger charge is 2.42. The van der Waals surface area contributed by atoms with E-state index in [0.29, 0.717) is 12.8 Å². The molecule has 0 aromatic rings. The van der Waals surface area contributed by atoms with E-state index in [1.54, 1.807) is 19.1 Å². The molecule has 1 heterocycles. The number of unbranched alkanes of at least 4 members (excludes halogenated alkanes) is 3. The molecule has 0 aromatic heterocycles. The lowest BCUT2D eigenvalue weighted by molar-refractivity contribution is -0.236. The summed E-state index contributed by atoms with van der Waals surface area (Å²) in [5.41, 5.74) is 0. The van der Waals surface area contributed by atoms with Crippen LogP contribution in [0.5, 0.6) is 0 Å². The zero-order valence-electron chi connectivity index (χ0n) is 30.7. The van der Waals surface area contributed by atoms with Gasteiger partial charge in [0, 0.05) is 87.5 Å². The highest BCUT2D eigenvalue weighted by atomic mass is 19.1. The zero-order valence-corrected chi connectivity index (χ0v) is 30.7. The quantitative estimate of drug-likeness (QED) is 0.103. The van der Waals surface area contributed by atoms with Crippen LogP contribution in [0.2, 0.25) is 0 Å². The minimum Gasteiger partial charge on any atom is -0.350 e. The maximum absolute atomic E-state index is 15.5. The SMILES string of the molecule is C=CCC1O[C@H](OC[C@H](NC(=O)C#CC#CC#CC#CC#CC#CC#CC#CC#CC#CC#CC#CC)[C@H](F)CCCCCC)C(C=C)[C@@H](C=C)[C@H]1C=C.[HH].[HH].[HH].[HH].[HH].[HH].[HH].[HH].[HH].[HH].[HH].[HH].[HH].[HH].[HH].[HH].[HH].[HH].[HH].[HH].[HH].[HH].[HH].[HH]. The third-order valence-electron chi connectivity index (χ3n) is 7.30. The van der Waals surface area contributed by atoms with Crippen molar-refractivity contribution < 1.29 is 52.9 Å². The van der Waals surface area contributed by atoms with E-state index in [0.717, 1.165) is 19.3 Å². The molecule has 1 fully saturated rings. The van der Waals surface area contributed by atoms with E-state index in [-0.39, 0.29) is 71.1 Å². The topological polar surface area (TPSA) is 47.6 Å². The van der Waals surface area contributed by atoms with Gasteiger partial charge in [0.05, 0.1) is 18.8 Å². The Morgan fingerprint density at radius 3 is 1.59 bits per heavy atom. The van der Waals surface area contributed by atoms with Crippen LogP contribution in [0, 0.1) is 160 Å². The zero-order chi connectivity index (χ0) is 39.5. The highest BCUT2D eigenvalue weighted by Crippen LogP contribution is 2.39. The molecule has 1 aliphatic rings. The highest BCUT2D eigenvalue weighted by molar-refractivity contribution is 5.94. The number of halogens is 1. The summed E-state index contributed by atoms with van der Waals surface area (Å²) >= 11 is 0. The average Bonchev–Trinajstić information content (AvgIpc) is 3.17. The second-order valence-corrected chi connectivity index (χ2v) is 10.9. The summed E-state index contributed by atoms with van der Waals surface area (Å²) in [6.07, 6.45) is 9.32. The van der Waals surface area contributed by atoms with Gasteiger partial charge in [0.2, 0.25) is 0 Å². The lowest BCUT2D eigenvalue weighted by atomic mass is 9.75. The number of amides is 1. The number of rotatable bonds is 15. The number of allylic oxidation sites excluding steroid dienone is 1. The Balaban J connectivity index is -0.0000000552. The van der Waals surface area contributed by atoms with E-state index in [2.05, 4.69) is 181 Å². The molecular formula is C49H88FNO3. The van der Waals surface area contributed by atoms with Crippen LogP contribution in [0.1, 0.15) is 86.6 Å². The van der Waals surface area contributed by atoms with Crippen LogP contribution >= 0.6 is 0 Å². The first kappa shape index (κ1) is 45.0. The number of nitrogens with one attached hydrogen (secondary N) is 1. The molecule has 54 heavy (non-hydrogen) atoms. The largest absolute Gasteiger partial charge is 0.350 e. The van der Waals surface area contributed by atoms with Crippen molar-refractivity contribution in [3.63, 3.8) is 0 Å². The molecule has 1 rings (SSSR count). The summed E-state index contributed by atoms with van der Waals surface area (Å²) in [6, 6.07) is -0.961. The molecule has 1 aliphatic heterocycles. The Hall–Kier alpha value is -7.00. The molecule has 1 amide bonds. The van der Waals surface area contributed by atoms with Gasteiger partial charge in [0.25, 0.3) is 5.91 Å². The van der Waals surface area contributed by atoms with E-state index >= 15 is 4.39 Å². The minimum absolute atomic E-state index is 0. The van der Waals surface area contributed by atoms with Crippen molar-refractivity contribution in [1.29, 1.82) is 0 Å². The molecule has 0 aliphatic carbocycles. The molecule has 0 spiro atoms. The van der Waals surface area contributed by atoms with E-state index in [4.69, 9.17) is 9.47 Å². The van der Waals surface area contributed by atoms with Gasteiger partial charge in [0.1, 0.15) is 6.17 Å². The molecule has 0 aromatic carbocycles. The Morgan fingerprint density at radius 2 is 1.17 bits per heavy atom. The van der Waals surface area contributed by atoms with Gasteiger partial charge < -0.3 is 14.8 Å². The van der Waals surface area contributed by atoms with E-state index in [1.807, 2.05) is 12.2 Å². The van der Waals surface area contributed by atoms with Crippen LogP contribution in [0.15, 0.2) is 50.6 Å². The van der Waals surface area contributed by atoms with Crippen molar-refractivity contribution in [2.75, 3.05) is 6.61 Å². The maximum Gasteiger partial charge on any atom is 0.297 e. The van der Waals surface area contributed by atoms with Crippen LogP contribution in [-0.4, -0.2) is 37.1 Å². The molecule has 7 atom stereocenters. The first-order valence-corrected chi connectivity index (χ1v) is 17.1. The van der Waals surface area contributed by atoms with Crippen molar-refractivity contribution in [2.24, 2.45) is 17.8 Å². The Labute approximate surface area is 358 Å². The fourth-order valence-corrected chi connectivity index (χ4v) is 4.84. The van der Waals surface area contributed by atoms with Crippen molar-refractivity contribution in [3.05, 3.63) is 50.6 Å². The smallest absolute Gasteiger partial charge is 0.297 e. The monoisotopic (exact) mass is 758 g/mol. The molecule has 1 saturated heterocycles. The van der Waals surface area contributed by atoms with E-state index in [9.17, 15) is 4.79 Å². The predicted octanol–water partition coefficient (Wildman–Crippen LogP) is 11.5. The number of carbonyl (C=O) groups is 1. The molecule has 5 heteroatoms. The summed E-state index contributed by atoms with van der Waals surface area (Å²) < 4.78 is 27.9. The van der Waals surface area contributed by atoms with Gasteiger partial charge >= 0.3 is 0 Å². The van der Waals surface area contributed by atoms with Gasteiger partial charge in [-0.3, -0.25) is 4.79 Å². The third kappa shape index (κ3) is 20.0. The second-order valence-electron chi connectivity index (χ2n) is 10.9. The van der Waals surface area contributed by atoms with Gasteiger partial charge in [-0.1, -0.05) is 62.8 Å². The summed E-state index contributed by atoms with van der Waals surface area (Å²) in [4.78, 5) is 12.7. The fourth-order valence-electron chi connectivity index (χ4n) is 4.84. The minimum atomic E-state index is -1.36. The van der Waals surface area contributed by atoms with Crippen molar-refractivity contribution in [3.8, 4) is 142 Å². The number of ether oxygens (including phenoxy) is 2. The maximum atomic E-state index is 15.5. The standard InChI is InChI=1S/C49H40FNO3.24H2/c1-7-13-15-17-18-19-20-21-22-23-24-25-26-27-28-29-30-31-32-33-34-35-37-40-48(52)51-46(45(50)39-36-16-14-8-2)41-53-49-44(12-6)42(10-4)43(11-5)47(54-49)38-9-3;;;;;;;;;;;;;;;;;;;;;;;;/h9-12,42-47,49H,3-6,8,14,16,36,38-39,41H2,1-2H3,(H,51,52);24*1H/t42-,43+,44?,45+,46-,47?,49-;;;;;;;;;;;;;;;;;;;;;;;;/m0......................../s1. The first-order chi connectivity index (χ1) is 26.5. The predicted molar refractivity (Wildman–Crippen MR) is 266 cm³/mol. The van der Waals surface area contributed by atoms with Crippen molar-refractivity contribution in [2.45, 2.75) is 77.0 Å². The van der Waals surface area contributed by atoms with E-state index < -0.39 is 24.4 Å². The van der Waals surface area contributed by atoms with Crippen molar-refractivity contribution >= 4 is 5.91 Å². The van der Waals surface area contributed by atoms with Crippen LogP contribution in [0.4, 0.5) is 4.39 Å². The Bertz CT molecular complexity index is 2210. The van der Waals surface area contributed by atoms with Crippen LogP contribution in [0.3, 0.4) is 0 Å². The van der Waals surface area contributed by atoms with Crippen LogP contribution in [-0.2, 0) is 14.3 Å². The van der Waals surface area contributed by atoms with Gasteiger partial charge in [-0.25, -0.2) is 4.39 Å². The molecule has 4 nitrogen and oxygen atoms in total. The van der Waals surface area contributed by atoms with Crippen LogP contribution in [0.25, 0.3) is 0 Å². The van der Waals surface area contributed by atoms with Gasteiger partial charge in [-0.2, -0.15) is 0 Å². The number of alkyl halides is 1. The lowest BCUT2D eigenvalue weighted by Gasteiger charge is -2.44. The van der Waals surface area contributed by atoms with Crippen LogP contribution < -0.4 is 5.32 Å². The second kappa shape index (κ2) is 30.8. The third-order valence-corrected chi connectivity index (χ3v) is 7.30.